The number of rotatable bonds is 16. The molecule has 73 heavy (non-hydrogen) atoms. The second kappa shape index (κ2) is 17.0. The molecule has 9 atom stereocenters. The van der Waals surface area contributed by atoms with Crippen LogP contribution in [-0.4, -0.2) is 160 Å². The lowest BCUT2D eigenvalue weighted by Crippen LogP contribution is -2.77. The van der Waals surface area contributed by atoms with Crippen molar-refractivity contribution in [2.45, 2.75) is 117 Å². The molecule has 1 aromatic heterocycles. The molecular formula is C54H63N7O12. The van der Waals surface area contributed by atoms with Crippen molar-refractivity contribution in [2.75, 3.05) is 71.5 Å². The maximum absolute atomic E-state index is 13.2. The SMILES string of the molecule is CN1CC[C@]23c4c5ccc(O)c4O[C@H]2[C@@H](NC(=O)COCC(=O)NCCCNC(=O)COCC(=O)Nc2cccc4c6c([nH]c24)[C@@H]2Oc4c(O)ccc7c4[C@@]24CCN(CC2CC2)[C@H](C7)[C@]4(O)C6)CC[C@@]3(O)[C@H]1C5. The highest BCUT2D eigenvalue weighted by molar-refractivity contribution is 6.03. The van der Waals surface area contributed by atoms with Crippen LogP contribution in [0.3, 0.4) is 0 Å². The number of benzene rings is 3. The minimum Gasteiger partial charge on any atom is -0.504 e. The molecule has 9 N–H and O–H groups in total. The van der Waals surface area contributed by atoms with E-state index in [0.717, 1.165) is 58.5 Å². The first-order valence-corrected chi connectivity index (χ1v) is 26.1. The number of carbonyl (C=O) groups is 4. The van der Waals surface area contributed by atoms with E-state index in [1.165, 1.54) is 12.8 Å². The monoisotopic (exact) mass is 1000 g/mol. The number of ether oxygens (including phenoxy) is 4. The van der Waals surface area contributed by atoms with Gasteiger partial charge in [-0.1, -0.05) is 24.3 Å². The first-order chi connectivity index (χ1) is 35.2. The average Bonchev–Trinajstić information content (AvgIpc) is 3.84. The number of para-hydroxylation sites is 1. The van der Waals surface area contributed by atoms with Crippen LogP contribution in [0.1, 0.15) is 84.6 Å². The number of phenolic OH excluding ortho intramolecular Hbond substituents is 2. The number of nitrogens with one attached hydrogen (secondary N) is 5. The molecule has 2 saturated carbocycles. The molecule has 19 nitrogen and oxygen atoms in total. The van der Waals surface area contributed by atoms with Gasteiger partial charge in [-0.15, -0.1) is 0 Å². The molecule has 0 radical (unpaired) electrons. The van der Waals surface area contributed by atoms with Crippen molar-refractivity contribution in [1.29, 1.82) is 0 Å². The summed E-state index contributed by atoms with van der Waals surface area (Å²) in [6.45, 7) is 1.61. The molecule has 4 amide bonds. The molecule has 4 aromatic rings. The zero-order valence-corrected chi connectivity index (χ0v) is 40.9. The predicted octanol–water partition coefficient (Wildman–Crippen LogP) is 1.84. The number of likely N-dealkylation sites (tertiary alicyclic amines) is 2. The van der Waals surface area contributed by atoms with E-state index in [-0.39, 0.29) is 63.1 Å². The van der Waals surface area contributed by atoms with Crippen LogP contribution in [0.2, 0.25) is 0 Å². The van der Waals surface area contributed by atoms with E-state index in [2.05, 4.69) is 36.1 Å². The number of carbonyl (C=O) groups excluding carboxylic acids is 4. The maximum Gasteiger partial charge on any atom is 0.250 e. The van der Waals surface area contributed by atoms with Crippen molar-refractivity contribution >= 4 is 40.2 Å². The third-order valence-electron chi connectivity index (χ3n) is 18.5. The molecule has 13 rings (SSSR count). The molecular weight excluding hydrogens is 939 g/mol. The maximum atomic E-state index is 13.2. The average molecular weight is 1000 g/mol. The number of aromatic amines is 1. The van der Waals surface area contributed by atoms with Gasteiger partial charge in [0.05, 0.1) is 45.0 Å². The molecule has 386 valence electrons. The molecule has 5 aliphatic carbocycles. The molecule has 2 spiro atoms. The van der Waals surface area contributed by atoms with Crippen molar-refractivity contribution < 1.29 is 58.6 Å². The van der Waals surface area contributed by atoms with Crippen molar-refractivity contribution in [3.63, 3.8) is 0 Å². The fourth-order valence-electron chi connectivity index (χ4n) is 15.2. The summed E-state index contributed by atoms with van der Waals surface area (Å²) in [7, 11) is 2.03. The number of piperidine rings is 2. The molecule has 19 heteroatoms. The normalized spacial score (nSPS) is 31.6. The van der Waals surface area contributed by atoms with Crippen LogP contribution in [0.5, 0.6) is 23.0 Å². The summed E-state index contributed by atoms with van der Waals surface area (Å²) in [6.07, 6.45) is 5.71. The van der Waals surface area contributed by atoms with Gasteiger partial charge in [0.25, 0.3) is 0 Å². The summed E-state index contributed by atoms with van der Waals surface area (Å²) in [6, 6.07) is 12.2. The lowest BCUT2D eigenvalue weighted by molar-refractivity contribution is -0.187. The highest BCUT2D eigenvalue weighted by atomic mass is 16.5. The number of nitrogens with zero attached hydrogens (tertiary/aromatic N) is 2. The number of fused-ring (bicyclic) bond motifs is 4. The number of hydrogen-bond acceptors (Lipinski definition) is 14. The van der Waals surface area contributed by atoms with E-state index < -0.39 is 63.9 Å². The minimum absolute atomic E-state index is 0.0261. The first kappa shape index (κ1) is 46.8. The highest BCUT2D eigenvalue weighted by Crippen LogP contribution is 2.70. The van der Waals surface area contributed by atoms with Gasteiger partial charge in [-0.2, -0.15) is 0 Å². The van der Waals surface area contributed by atoms with E-state index in [4.69, 9.17) is 18.9 Å². The summed E-state index contributed by atoms with van der Waals surface area (Å²) < 4.78 is 24.1. The Morgan fingerprint density at radius 2 is 1.41 bits per heavy atom. The van der Waals surface area contributed by atoms with Crippen molar-refractivity contribution in [1.82, 2.24) is 30.7 Å². The Kier molecular flexibility index (Phi) is 10.9. The number of amides is 4. The Morgan fingerprint density at radius 3 is 2.14 bits per heavy atom. The second-order valence-corrected chi connectivity index (χ2v) is 22.3. The van der Waals surface area contributed by atoms with Gasteiger partial charge in [-0.05, 0) is 119 Å². The molecule has 9 aliphatic rings. The third-order valence-corrected chi connectivity index (χ3v) is 18.5. The van der Waals surface area contributed by atoms with Crippen LogP contribution in [-0.2, 0) is 58.7 Å². The zero-order chi connectivity index (χ0) is 50.2. The van der Waals surface area contributed by atoms with E-state index in [1.807, 2.05) is 31.3 Å². The topological polar surface area (TPSA) is 257 Å². The number of H-pyrrole nitrogens is 1. The van der Waals surface area contributed by atoms with Crippen LogP contribution in [0, 0.1) is 5.92 Å². The van der Waals surface area contributed by atoms with E-state index in [1.54, 1.807) is 18.2 Å². The summed E-state index contributed by atoms with van der Waals surface area (Å²) in [5.41, 5.74) is 3.25. The van der Waals surface area contributed by atoms with Gasteiger partial charge >= 0.3 is 0 Å². The largest absolute Gasteiger partial charge is 0.504 e. The van der Waals surface area contributed by atoms with Crippen molar-refractivity contribution in [2.24, 2.45) is 5.92 Å². The van der Waals surface area contributed by atoms with Gasteiger partial charge in [0.15, 0.2) is 29.1 Å². The third kappa shape index (κ3) is 6.91. The van der Waals surface area contributed by atoms with Crippen molar-refractivity contribution in [3.8, 4) is 23.0 Å². The highest BCUT2D eigenvalue weighted by Gasteiger charge is 2.74. The number of aromatic nitrogens is 1. The Hall–Kier alpha value is -5.96. The van der Waals surface area contributed by atoms with E-state index in [9.17, 15) is 39.6 Å². The van der Waals surface area contributed by atoms with Gasteiger partial charge in [-0.25, -0.2) is 0 Å². The molecule has 2 saturated heterocycles. The molecule has 0 unspecified atom stereocenters. The van der Waals surface area contributed by atoms with Crippen LogP contribution in [0.25, 0.3) is 10.9 Å². The fraction of sp³-hybridized carbons (Fsp3) is 0.556. The summed E-state index contributed by atoms with van der Waals surface area (Å²) in [5.74, 6) is -0.103. The van der Waals surface area contributed by atoms with Crippen LogP contribution in [0.4, 0.5) is 5.69 Å². The molecule has 3 aromatic carbocycles. The Morgan fingerprint density at radius 1 is 0.753 bits per heavy atom. The van der Waals surface area contributed by atoms with Gasteiger partial charge in [0, 0.05) is 54.7 Å². The number of aliphatic hydroxyl groups is 2. The van der Waals surface area contributed by atoms with Crippen molar-refractivity contribution in [3.05, 3.63) is 76.0 Å². The lowest BCUT2D eigenvalue weighted by atomic mass is 9.48. The minimum atomic E-state index is -1.14. The summed E-state index contributed by atoms with van der Waals surface area (Å²) in [5, 5.41) is 59.7. The van der Waals surface area contributed by atoms with Crippen LogP contribution in [0.15, 0.2) is 42.5 Å². The Balaban J connectivity index is 0.556. The Bertz CT molecular complexity index is 2980. The van der Waals surface area contributed by atoms with Crippen LogP contribution < -0.4 is 30.7 Å². The second-order valence-electron chi connectivity index (χ2n) is 22.3. The van der Waals surface area contributed by atoms with Gasteiger partial charge < -0.3 is 70.5 Å². The number of likely N-dealkylation sites (N-methyl/N-ethyl adjacent to an activating group) is 1. The standard InChI is InChI=1S/C54H63N7O12/c1-60-18-14-51-43-29-8-10-35(62)47(43)72-49(51)34(12-13-53(51,68)37(60)20-29)58-42(67)27-71-25-40(65)56-17-3-16-55-39(64)24-70-26-41(66)57-33-5-2-4-31-32-22-54(69)38-21-30-9-11-36(63)48-44(30)52(54,15-19-61(38)23-28-6-7-28)50(73-48)46(32)59-45(31)33/h2,4-5,8-11,28,34,37-38,49-50,59,62-63,68-69H,3,6-7,12-27H2,1H3,(H,55,64)(H,56,65)(H,57,66)(H,58,67)/t34-,37+,38+,49-,50-,51-,52-,53+,54+/m0/s1. The number of anilines is 1. The molecule has 5 heterocycles. The summed E-state index contributed by atoms with van der Waals surface area (Å²) in [4.78, 5) is 59.8. The lowest BCUT2D eigenvalue weighted by Gasteiger charge is -2.63. The zero-order valence-electron chi connectivity index (χ0n) is 40.9. The predicted molar refractivity (Wildman–Crippen MR) is 262 cm³/mol. The number of phenols is 2. The Labute approximate surface area is 421 Å². The van der Waals surface area contributed by atoms with E-state index >= 15 is 0 Å². The fourth-order valence-corrected chi connectivity index (χ4v) is 15.2. The smallest absolute Gasteiger partial charge is 0.250 e. The van der Waals surface area contributed by atoms with Gasteiger partial charge in [0.1, 0.15) is 32.5 Å². The number of aromatic hydroxyl groups is 2. The first-order valence-electron chi connectivity index (χ1n) is 26.1. The molecule has 4 bridgehead atoms. The van der Waals surface area contributed by atoms with E-state index in [0.29, 0.717) is 80.0 Å². The molecule has 4 aliphatic heterocycles. The van der Waals surface area contributed by atoms with Crippen LogP contribution >= 0.6 is 0 Å². The van der Waals surface area contributed by atoms with Gasteiger partial charge in [0.2, 0.25) is 23.6 Å². The van der Waals surface area contributed by atoms with Gasteiger partial charge in [-0.3, -0.25) is 24.1 Å². The number of hydrogen-bond donors (Lipinski definition) is 9. The summed E-state index contributed by atoms with van der Waals surface area (Å²) >= 11 is 0. The molecule has 4 fully saturated rings. The quantitative estimate of drug-likeness (QED) is 0.0727.